The SMILES string of the molecule is O=C(O)CNC(=O)c1ccc(C(=O)O)n1CC(=O)O. The number of aromatic carboxylic acids is 1. The first-order chi connectivity index (χ1) is 8.82. The van der Waals surface area contributed by atoms with E-state index in [2.05, 4.69) is 0 Å². The molecule has 19 heavy (non-hydrogen) atoms. The lowest BCUT2D eigenvalue weighted by molar-refractivity contribution is -0.138. The van der Waals surface area contributed by atoms with Crippen molar-refractivity contribution in [1.29, 1.82) is 0 Å². The van der Waals surface area contributed by atoms with E-state index >= 15 is 0 Å². The summed E-state index contributed by atoms with van der Waals surface area (Å²) < 4.78 is 0.780. The molecule has 0 aromatic carbocycles. The van der Waals surface area contributed by atoms with Crippen molar-refractivity contribution in [2.24, 2.45) is 0 Å². The molecular weight excluding hydrogens is 260 g/mol. The molecule has 4 N–H and O–H groups in total. The van der Waals surface area contributed by atoms with Gasteiger partial charge in [-0.3, -0.25) is 14.4 Å². The lowest BCUT2D eigenvalue weighted by Crippen LogP contribution is -2.32. The number of carbonyl (C=O) groups is 4. The summed E-state index contributed by atoms with van der Waals surface area (Å²) in [6.07, 6.45) is 0. The molecule has 1 aromatic heterocycles. The molecule has 9 heteroatoms. The van der Waals surface area contributed by atoms with Crippen LogP contribution in [-0.4, -0.2) is 50.2 Å². The summed E-state index contributed by atoms with van der Waals surface area (Å²) in [6, 6.07) is 2.19. The highest BCUT2D eigenvalue weighted by Gasteiger charge is 2.20. The van der Waals surface area contributed by atoms with Crippen molar-refractivity contribution in [2.45, 2.75) is 6.54 Å². The number of carbonyl (C=O) groups excluding carboxylic acids is 1. The summed E-state index contributed by atoms with van der Waals surface area (Å²) in [4.78, 5) is 43.4. The molecule has 1 amide bonds. The van der Waals surface area contributed by atoms with Gasteiger partial charge < -0.3 is 25.2 Å². The number of rotatable bonds is 6. The molecule has 1 aromatic rings. The molecule has 1 heterocycles. The molecule has 0 saturated heterocycles. The van der Waals surface area contributed by atoms with Gasteiger partial charge in [-0.15, -0.1) is 0 Å². The second-order valence-corrected chi connectivity index (χ2v) is 3.47. The first-order valence-corrected chi connectivity index (χ1v) is 4.97. The molecule has 0 aliphatic carbocycles. The average molecular weight is 270 g/mol. The lowest BCUT2D eigenvalue weighted by Gasteiger charge is -2.08. The molecule has 0 saturated carbocycles. The number of aliphatic carboxylic acids is 2. The zero-order valence-electron chi connectivity index (χ0n) is 9.49. The monoisotopic (exact) mass is 270 g/mol. The average Bonchev–Trinajstić information content (AvgIpc) is 2.68. The Morgan fingerprint density at radius 2 is 1.58 bits per heavy atom. The molecule has 1 rings (SSSR count). The quantitative estimate of drug-likeness (QED) is 0.523. The van der Waals surface area contributed by atoms with Gasteiger partial charge in [-0.2, -0.15) is 0 Å². The third kappa shape index (κ3) is 3.56. The maximum absolute atomic E-state index is 11.6. The van der Waals surface area contributed by atoms with E-state index in [1.54, 1.807) is 0 Å². The molecule has 0 unspecified atom stereocenters. The summed E-state index contributed by atoms with van der Waals surface area (Å²) in [7, 11) is 0. The molecule has 0 aliphatic heterocycles. The van der Waals surface area contributed by atoms with E-state index < -0.39 is 36.9 Å². The Balaban J connectivity index is 3.06. The zero-order valence-corrected chi connectivity index (χ0v) is 9.49. The van der Waals surface area contributed by atoms with Gasteiger partial charge >= 0.3 is 17.9 Å². The molecule has 0 fully saturated rings. The third-order valence-corrected chi connectivity index (χ3v) is 2.13. The predicted octanol–water partition coefficient (Wildman–Crippen LogP) is -0.915. The van der Waals surface area contributed by atoms with Crippen molar-refractivity contribution in [1.82, 2.24) is 9.88 Å². The Kier molecular flexibility index (Phi) is 4.24. The Morgan fingerprint density at radius 3 is 2.05 bits per heavy atom. The normalized spacial score (nSPS) is 9.89. The topological polar surface area (TPSA) is 146 Å². The van der Waals surface area contributed by atoms with E-state index in [1.807, 2.05) is 5.32 Å². The summed E-state index contributed by atoms with van der Waals surface area (Å²) in [5.74, 6) is -4.86. The Morgan fingerprint density at radius 1 is 1.00 bits per heavy atom. The van der Waals surface area contributed by atoms with Crippen molar-refractivity contribution in [3.05, 3.63) is 23.5 Å². The number of hydrogen-bond acceptors (Lipinski definition) is 4. The lowest BCUT2D eigenvalue weighted by atomic mass is 10.4. The molecule has 0 spiro atoms. The van der Waals surface area contributed by atoms with Gasteiger partial charge in [0, 0.05) is 0 Å². The first kappa shape index (κ1) is 14.2. The van der Waals surface area contributed by atoms with E-state index in [-0.39, 0.29) is 11.4 Å². The minimum absolute atomic E-state index is 0.235. The molecule has 0 atom stereocenters. The maximum Gasteiger partial charge on any atom is 0.352 e. The van der Waals surface area contributed by atoms with Crippen LogP contribution in [0.15, 0.2) is 12.1 Å². The molecule has 0 bridgehead atoms. The Labute approximate surface area is 106 Å². The highest BCUT2D eigenvalue weighted by atomic mass is 16.4. The van der Waals surface area contributed by atoms with Crippen molar-refractivity contribution in [3.63, 3.8) is 0 Å². The summed E-state index contributed by atoms with van der Waals surface area (Å²) in [6.45, 7) is -1.37. The fourth-order valence-electron chi connectivity index (χ4n) is 1.40. The van der Waals surface area contributed by atoms with Gasteiger partial charge in [0.25, 0.3) is 5.91 Å². The molecule has 0 radical (unpaired) electrons. The zero-order chi connectivity index (χ0) is 14.6. The number of carboxylic acid groups (broad SMARTS) is 3. The number of hydrogen-bond donors (Lipinski definition) is 4. The van der Waals surface area contributed by atoms with Gasteiger partial charge in [0.15, 0.2) is 0 Å². The Hall–Kier alpha value is -2.84. The van der Waals surface area contributed by atoms with Crippen molar-refractivity contribution in [3.8, 4) is 0 Å². The van der Waals surface area contributed by atoms with Crippen LogP contribution in [0.1, 0.15) is 21.0 Å². The van der Waals surface area contributed by atoms with E-state index in [9.17, 15) is 19.2 Å². The summed E-state index contributed by atoms with van der Waals surface area (Å²) in [5.41, 5.74) is -0.607. The van der Waals surface area contributed by atoms with E-state index in [0.717, 1.165) is 16.7 Å². The minimum atomic E-state index is -1.39. The third-order valence-electron chi connectivity index (χ3n) is 2.13. The van der Waals surface area contributed by atoms with E-state index in [4.69, 9.17) is 15.3 Å². The fraction of sp³-hybridized carbons (Fsp3) is 0.200. The van der Waals surface area contributed by atoms with Gasteiger partial charge in [0.1, 0.15) is 24.5 Å². The number of amides is 1. The smallest absolute Gasteiger partial charge is 0.352 e. The first-order valence-electron chi connectivity index (χ1n) is 4.97. The number of nitrogens with zero attached hydrogens (tertiary/aromatic N) is 1. The van der Waals surface area contributed by atoms with Crippen LogP contribution in [0.5, 0.6) is 0 Å². The Bertz CT molecular complexity index is 546. The van der Waals surface area contributed by atoms with Gasteiger partial charge in [-0.1, -0.05) is 0 Å². The second-order valence-electron chi connectivity index (χ2n) is 3.47. The number of aromatic nitrogens is 1. The minimum Gasteiger partial charge on any atom is -0.480 e. The molecule has 102 valence electrons. The van der Waals surface area contributed by atoms with E-state index in [1.165, 1.54) is 0 Å². The van der Waals surface area contributed by atoms with Gasteiger partial charge in [0.2, 0.25) is 0 Å². The van der Waals surface area contributed by atoms with Crippen LogP contribution in [0.3, 0.4) is 0 Å². The fourth-order valence-corrected chi connectivity index (χ4v) is 1.40. The molecule has 0 aliphatic rings. The standard InChI is InChI=1S/C10H10N2O7/c13-7(14)3-11-9(17)5-1-2-6(10(18)19)12(5)4-8(15)16/h1-2H,3-4H2,(H,11,17)(H,13,14)(H,15,16)(H,18,19). The number of carboxylic acids is 3. The van der Waals surface area contributed by atoms with Crippen molar-refractivity contribution in [2.75, 3.05) is 6.54 Å². The second kappa shape index (κ2) is 5.67. The van der Waals surface area contributed by atoms with Gasteiger partial charge in [-0.05, 0) is 12.1 Å². The van der Waals surface area contributed by atoms with Crippen LogP contribution < -0.4 is 5.32 Å². The van der Waals surface area contributed by atoms with Crippen molar-refractivity contribution >= 4 is 23.8 Å². The van der Waals surface area contributed by atoms with Crippen LogP contribution in [0, 0.1) is 0 Å². The van der Waals surface area contributed by atoms with E-state index in [0.29, 0.717) is 0 Å². The summed E-state index contributed by atoms with van der Waals surface area (Å²) >= 11 is 0. The van der Waals surface area contributed by atoms with Gasteiger partial charge in [-0.25, -0.2) is 4.79 Å². The van der Waals surface area contributed by atoms with Crippen LogP contribution in [0.4, 0.5) is 0 Å². The van der Waals surface area contributed by atoms with Gasteiger partial charge in [0.05, 0.1) is 0 Å². The van der Waals surface area contributed by atoms with Crippen LogP contribution in [0.25, 0.3) is 0 Å². The van der Waals surface area contributed by atoms with Crippen LogP contribution >= 0.6 is 0 Å². The molecular formula is C10H10N2O7. The van der Waals surface area contributed by atoms with Crippen molar-refractivity contribution < 1.29 is 34.5 Å². The largest absolute Gasteiger partial charge is 0.480 e. The summed E-state index contributed by atoms with van der Waals surface area (Å²) in [5, 5.41) is 28.0. The maximum atomic E-state index is 11.6. The highest BCUT2D eigenvalue weighted by molar-refractivity contribution is 5.97. The number of nitrogens with one attached hydrogen (secondary N) is 1. The van der Waals surface area contributed by atoms with Crippen LogP contribution in [0.2, 0.25) is 0 Å². The highest BCUT2D eigenvalue weighted by Crippen LogP contribution is 2.10. The predicted molar refractivity (Wildman–Crippen MR) is 59.0 cm³/mol. The van der Waals surface area contributed by atoms with Crippen LogP contribution in [-0.2, 0) is 16.1 Å². The molecule has 9 nitrogen and oxygen atoms in total.